The lowest BCUT2D eigenvalue weighted by Crippen LogP contribution is -2.24. The van der Waals surface area contributed by atoms with E-state index in [9.17, 15) is 4.79 Å². The van der Waals surface area contributed by atoms with E-state index in [4.69, 9.17) is 9.47 Å². The van der Waals surface area contributed by atoms with Crippen LogP contribution in [0.15, 0.2) is 47.3 Å². The molecule has 0 amide bonds. The fourth-order valence-electron chi connectivity index (χ4n) is 3.68. The van der Waals surface area contributed by atoms with Gasteiger partial charge in [0.25, 0.3) is 5.56 Å². The summed E-state index contributed by atoms with van der Waals surface area (Å²) in [5, 5.41) is 0.706. The van der Waals surface area contributed by atoms with Gasteiger partial charge in [0, 0.05) is 19.2 Å². The quantitative estimate of drug-likeness (QED) is 0.374. The zero-order valence-electron chi connectivity index (χ0n) is 18.2. The van der Waals surface area contributed by atoms with Crippen molar-refractivity contribution in [3.63, 3.8) is 0 Å². The van der Waals surface area contributed by atoms with Crippen molar-refractivity contribution in [1.82, 2.24) is 8.86 Å². The smallest absolute Gasteiger partial charge is 0.268 e. The number of hydrogen-bond acceptors (Lipinski definition) is 5. The summed E-state index contributed by atoms with van der Waals surface area (Å²) in [6, 6.07) is 14.3. The number of unbranched alkanes of at least 4 members (excludes halogenated alkanes) is 3. The van der Waals surface area contributed by atoms with Crippen molar-refractivity contribution in [2.75, 3.05) is 27.3 Å². The van der Waals surface area contributed by atoms with Crippen LogP contribution >= 0.6 is 11.5 Å². The first kappa shape index (κ1) is 22.4. The van der Waals surface area contributed by atoms with Gasteiger partial charge < -0.3 is 9.47 Å². The molecule has 0 aliphatic carbocycles. The predicted molar refractivity (Wildman–Crippen MR) is 125 cm³/mol. The molecule has 1 heterocycles. The Hall–Kier alpha value is -2.31. The van der Waals surface area contributed by atoms with Crippen molar-refractivity contribution >= 4 is 21.6 Å². The lowest BCUT2D eigenvalue weighted by Gasteiger charge is -2.20. The summed E-state index contributed by atoms with van der Waals surface area (Å²) >= 11 is 1.51. The first-order valence-corrected chi connectivity index (χ1v) is 11.5. The molecule has 0 saturated heterocycles. The van der Waals surface area contributed by atoms with E-state index in [2.05, 4.69) is 42.2 Å². The monoisotopic (exact) mass is 428 g/mol. The number of benzene rings is 2. The van der Waals surface area contributed by atoms with Crippen LogP contribution in [0.4, 0.5) is 0 Å². The minimum atomic E-state index is 0.0657. The third-order valence-electron chi connectivity index (χ3n) is 5.43. The molecule has 0 radical (unpaired) electrons. The van der Waals surface area contributed by atoms with E-state index in [1.807, 2.05) is 10.0 Å². The maximum atomic E-state index is 12.7. The Morgan fingerprint density at radius 3 is 2.37 bits per heavy atom. The minimum Gasteiger partial charge on any atom is -0.493 e. The van der Waals surface area contributed by atoms with Crippen LogP contribution in [-0.2, 0) is 13.1 Å². The highest BCUT2D eigenvalue weighted by Gasteiger charge is 2.13. The first-order chi connectivity index (χ1) is 14.7. The average Bonchev–Trinajstić information content (AvgIpc) is 3.09. The lowest BCUT2D eigenvalue weighted by atomic mass is 10.1. The van der Waals surface area contributed by atoms with Crippen molar-refractivity contribution in [3.8, 4) is 11.5 Å². The Kier molecular flexibility index (Phi) is 8.34. The first-order valence-electron chi connectivity index (χ1n) is 10.7. The zero-order valence-corrected chi connectivity index (χ0v) is 19.0. The Bertz CT molecular complexity index is 981. The van der Waals surface area contributed by atoms with Gasteiger partial charge >= 0.3 is 0 Å². The molecule has 6 heteroatoms. The number of aryl methyl sites for hydroxylation is 1. The number of aromatic nitrogens is 1. The Balaban J connectivity index is 1.45. The van der Waals surface area contributed by atoms with Crippen LogP contribution in [0.25, 0.3) is 10.1 Å². The highest BCUT2D eigenvalue weighted by atomic mass is 32.1. The fourth-order valence-corrected chi connectivity index (χ4v) is 4.72. The summed E-state index contributed by atoms with van der Waals surface area (Å²) in [4.78, 5) is 15.2. The Labute approximate surface area is 183 Å². The van der Waals surface area contributed by atoms with E-state index in [1.54, 1.807) is 20.3 Å². The molecule has 30 heavy (non-hydrogen) atoms. The molecule has 0 bridgehead atoms. The second kappa shape index (κ2) is 11.2. The Morgan fingerprint density at radius 1 is 0.967 bits per heavy atom. The summed E-state index contributed by atoms with van der Waals surface area (Å²) in [5.74, 6) is 1.26. The van der Waals surface area contributed by atoms with Crippen LogP contribution in [0.5, 0.6) is 11.5 Å². The summed E-state index contributed by atoms with van der Waals surface area (Å²) in [6.45, 7) is 6.19. The number of methoxy groups -OCH3 is 2. The number of fused-ring (bicyclic) bond motifs is 1. The highest BCUT2D eigenvalue weighted by Crippen LogP contribution is 2.32. The van der Waals surface area contributed by atoms with Crippen molar-refractivity contribution in [2.24, 2.45) is 0 Å². The van der Waals surface area contributed by atoms with Crippen LogP contribution in [-0.4, -0.2) is 36.2 Å². The number of ether oxygens (including phenoxy) is 2. The van der Waals surface area contributed by atoms with Crippen LogP contribution in [0.2, 0.25) is 0 Å². The van der Waals surface area contributed by atoms with Gasteiger partial charge in [-0.1, -0.05) is 61.6 Å². The normalized spacial score (nSPS) is 11.3. The molecule has 0 atom stereocenters. The van der Waals surface area contributed by atoms with Crippen molar-refractivity contribution < 1.29 is 9.47 Å². The summed E-state index contributed by atoms with van der Waals surface area (Å²) in [5.41, 5.74) is 1.44. The molecule has 0 saturated carbocycles. The van der Waals surface area contributed by atoms with Gasteiger partial charge in [-0.15, -0.1) is 0 Å². The summed E-state index contributed by atoms with van der Waals surface area (Å²) < 4.78 is 13.5. The zero-order chi connectivity index (χ0) is 21.3. The molecule has 0 unspecified atom stereocenters. The van der Waals surface area contributed by atoms with Crippen LogP contribution in [0, 0.1) is 0 Å². The number of rotatable bonds is 12. The molecular weight excluding hydrogens is 396 g/mol. The standard InChI is InChI=1S/C24H32N2O3S/c1-4-25(18-19-12-8-7-9-13-19)14-10-5-6-11-15-26-24(27)20-16-21(28-2)22(29-3)17-23(20)30-26/h7-9,12-13,16-17H,4-6,10-11,14-15,18H2,1-3H3. The van der Waals surface area contributed by atoms with E-state index in [0.29, 0.717) is 16.9 Å². The third kappa shape index (κ3) is 5.64. The predicted octanol–water partition coefficient (Wildman–Crippen LogP) is 5.16. The molecule has 3 rings (SSSR count). The molecule has 5 nitrogen and oxygen atoms in total. The Morgan fingerprint density at radius 2 is 1.67 bits per heavy atom. The van der Waals surface area contributed by atoms with Crippen LogP contribution in [0.1, 0.15) is 38.2 Å². The molecule has 3 aromatic rings. The van der Waals surface area contributed by atoms with Crippen LogP contribution in [0.3, 0.4) is 0 Å². The van der Waals surface area contributed by atoms with Gasteiger partial charge in [0.05, 0.1) is 24.3 Å². The summed E-state index contributed by atoms with van der Waals surface area (Å²) in [6.07, 6.45) is 4.53. The van der Waals surface area contributed by atoms with E-state index < -0.39 is 0 Å². The highest BCUT2D eigenvalue weighted by molar-refractivity contribution is 7.13. The lowest BCUT2D eigenvalue weighted by molar-refractivity contribution is 0.272. The van der Waals surface area contributed by atoms with Crippen molar-refractivity contribution in [1.29, 1.82) is 0 Å². The van der Waals surface area contributed by atoms with E-state index >= 15 is 0 Å². The maximum Gasteiger partial charge on any atom is 0.268 e. The maximum absolute atomic E-state index is 12.7. The number of hydrogen-bond donors (Lipinski definition) is 0. The van der Waals surface area contributed by atoms with E-state index in [-0.39, 0.29) is 5.56 Å². The molecule has 0 aliphatic rings. The average molecular weight is 429 g/mol. The van der Waals surface area contributed by atoms with Gasteiger partial charge in [0.15, 0.2) is 11.5 Å². The van der Waals surface area contributed by atoms with Gasteiger partial charge in [-0.3, -0.25) is 13.7 Å². The molecule has 0 aliphatic heterocycles. The van der Waals surface area contributed by atoms with E-state index in [1.165, 1.54) is 29.9 Å². The van der Waals surface area contributed by atoms with Gasteiger partial charge in [0.2, 0.25) is 0 Å². The molecule has 0 fully saturated rings. The van der Waals surface area contributed by atoms with Gasteiger partial charge in [-0.25, -0.2) is 0 Å². The van der Waals surface area contributed by atoms with Gasteiger partial charge in [-0.2, -0.15) is 0 Å². The topological polar surface area (TPSA) is 43.7 Å². The minimum absolute atomic E-state index is 0.0657. The van der Waals surface area contributed by atoms with Crippen LogP contribution < -0.4 is 15.0 Å². The van der Waals surface area contributed by atoms with Gasteiger partial charge in [0.1, 0.15) is 0 Å². The molecule has 1 aromatic heterocycles. The molecule has 2 aromatic carbocycles. The van der Waals surface area contributed by atoms with Gasteiger partial charge in [-0.05, 0) is 37.6 Å². The SMILES string of the molecule is CCN(CCCCCCn1sc2cc(OC)c(OC)cc2c1=O)Cc1ccccc1. The van der Waals surface area contributed by atoms with E-state index in [0.717, 1.165) is 43.7 Å². The van der Waals surface area contributed by atoms with Crippen molar-refractivity contribution in [2.45, 2.75) is 45.7 Å². The molecule has 0 N–H and O–H groups in total. The second-order valence-electron chi connectivity index (χ2n) is 7.47. The fraction of sp³-hybridized carbons (Fsp3) is 0.458. The third-order valence-corrected chi connectivity index (χ3v) is 6.54. The largest absolute Gasteiger partial charge is 0.493 e. The molecule has 0 spiro atoms. The summed E-state index contributed by atoms with van der Waals surface area (Å²) in [7, 11) is 3.21. The molecular formula is C24H32N2O3S. The van der Waals surface area contributed by atoms with Crippen molar-refractivity contribution in [3.05, 3.63) is 58.4 Å². The molecule has 162 valence electrons. The second-order valence-corrected chi connectivity index (χ2v) is 8.53. The number of nitrogens with zero attached hydrogens (tertiary/aromatic N) is 2.